The molecular weight excluding hydrogens is 206 g/mol. The predicted molar refractivity (Wildman–Crippen MR) is 62.3 cm³/mol. The first kappa shape index (κ1) is 13.5. The highest BCUT2D eigenvalue weighted by Gasteiger charge is 2.31. The van der Waals surface area contributed by atoms with Crippen LogP contribution in [0, 0.1) is 11.3 Å². The van der Waals surface area contributed by atoms with E-state index in [-0.39, 0.29) is 6.61 Å². The van der Waals surface area contributed by atoms with E-state index >= 15 is 0 Å². The van der Waals surface area contributed by atoms with E-state index < -0.39 is 11.4 Å². The van der Waals surface area contributed by atoms with Gasteiger partial charge in [-0.2, -0.15) is 0 Å². The van der Waals surface area contributed by atoms with Crippen molar-refractivity contribution in [1.82, 2.24) is 4.90 Å². The topological polar surface area (TPSA) is 60.8 Å². The van der Waals surface area contributed by atoms with Gasteiger partial charge in [-0.15, -0.1) is 0 Å². The molecule has 0 amide bonds. The Morgan fingerprint density at radius 2 is 1.94 bits per heavy atom. The third-order valence-corrected chi connectivity index (χ3v) is 3.44. The summed E-state index contributed by atoms with van der Waals surface area (Å²) in [6, 6.07) is 0. The Morgan fingerprint density at radius 1 is 1.38 bits per heavy atom. The van der Waals surface area contributed by atoms with Crippen molar-refractivity contribution in [1.29, 1.82) is 0 Å². The Kier molecular flexibility index (Phi) is 4.74. The first-order valence-corrected chi connectivity index (χ1v) is 6.02. The number of aliphatic carboxylic acids is 1. The number of carboxylic acid groups (broad SMARTS) is 1. The molecule has 0 aromatic rings. The smallest absolute Gasteiger partial charge is 0.310 e. The second-order valence-corrected chi connectivity index (χ2v) is 5.42. The molecule has 0 aliphatic carbocycles. The van der Waals surface area contributed by atoms with Crippen molar-refractivity contribution in [2.45, 2.75) is 33.1 Å². The minimum Gasteiger partial charge on any atom is -0.481 e. The van der Waals surface area contributed by atoms with Gasteiger partial charge < -0.3 is 15.1 Å². The van der Waals surface area contributed by atoms with Crippen LogP contribution in [0.1, 0.15) is 33.1 Å². The zero-order chi connectivity index (χ0) is 12.2. The van der Waals surface area contributed by atoms with Crippen LogP contribution in [-0.2, 0) is 4.79 Å². The molecule has 1 saturated heterocycles. The first-order valence-electron chi connectivity index (χ1n) is 6.02. The van der Waals surface area contributed by atoms with Gasteiger partial charge in [0.05, 0.1) is 5.41 Å². The van der Waals surface area contributed by atoms with Crippen molar-refractivity contribution in [3.63, 3.8) is 0 Å². The highest BCUT2D eigenvalue weighted by molar-refractivity contribution is 5.73. The van der Waals surface area contributed by atoms with E-state index in [0.29, 0.717) is 12.5 Å². The second kappa shape index (κ2) is 5.64. The van der Waals surface area contributed by atoms with Crippen LogP contribution in [0.25, 0.3) is 0 Å². The molecule has 0 radical (unpaired) electrons. The Labute approximate surface area is 97.3 Å². The summed E-state index contributed by atoms with van der Waals surface area (Å²) in [5.74, 6) is -0.112. The number of carbonyl (C=O) groups is 1. The second-order valence-electron chi connectivity index (χ2n) is 5.42. The largest absolute Gasteiger partial charge is 0.481 e. The van der Waals surface area contributed by atoms with Gasteiger partial charge in [-0.05, 0) is 52.1 Å². The van der Waals surface area contributed by atoms with Crippen LogP contribution >= 0.6 is 0 Å². The lowest BCUT2D eigenvalue weighted by molar-refractivity contribution is -0.148. The number of aliphatic hydroxyl groups is 1. The number of piperidine rings is 1. The fourth-order valence-corrected chi connectivity index (χ4v) is 2.24. The van der Waals surface area contributed by atoms with Gasteiger partial charge in [-0.25, -0.2) is 0 Å². The highest BCUT2D eigenvalue weighted by Crippen LogP contribution is 2.24. The lowest BCUT2D eigenvalue weighted by atomic mass is 9.89. The molecule has 0 aromatic heterocycles. The average Bonchev–Trinajstić information content (AvgIpc) is 2.21. The van der Waals surface area contributed by atoms with Crippen LogP contribution in [0.3, 0.4) is 0 Å². The van der Waals surface area contributed by atoms with Gasteiger partial charge in [0.15, 0.2) is 0 Å². The van der Waals surface area contributed by atoms with Crippen molar-refractivity contribution in [2.24, 2.45) is 11.3 Å². The van der Waals surface area contributed by atoms with E-state index in [9.17, 15) is 4.79 Å². The maximum Gasteiger partial charge on any atom is 0.310 e. The standard InChI is InChI=1S/C12H23NO3/c1-12(2,11(15)16)9-13-6-3-10(4-7-13)5-8-14/h10,14H,3-9H2,1-2H3,(H,15,16). The van der Waals surface area contributed by atoms with Crippen LogP contribution in [0.15, 0.2) is 0 Å². The number of aliphatic hydroxyl groups excluding tert-OH is 1. The summed E-state index contributed by atoms with van der Waals surface area (Å²) in [6.07, 6.45) is 3.04. The first-order chi connectivity index (χ1) is 7.45. The van der Waals surface area contributed by atoms with Gasteiger partial charge in [0.2, 0.25) is 0 Å². The summed E-state index contributed by atoms with van der Waals surface area (Å²) in [4.78, 5) is 13.2. The highest BCUT2D eigenvalue weighted by atomic mass is 16.4. The van der Waals surface area contributed by atoms with E-state index in [1.807, 2.05) is 0 Å². The third kappa shape index (κ3) is 3.76. The fourth-order valence-electron chi connectivity index (χ4n) is 2.24. The molecule has 0 aromatic carbocycles. The van der Waals surface area contributed by atoms with Crippen molar-refractivity contribution in [2.75, 3.05) is 26.2 Å². The molecule has 1 rings (SSSR count). The molecule has 0 saturated carbocycles. The number of rotatable bonds is 5. The Bertz CT molecular complexity index is 232. The minimum atomic E-state index is -0.731. The number of likely N-dealkylation sites (tertiary alicyclic amines) is 1. The zero-order valence-electron chi connectivity index (χ0n) is 10.3. The number of nitrogens with zero attached hydrogens (tertiary/aromatic N) is 1. The molecule has 94 valence electrons. The van der Waals surface area contributed by atoms with Crippen LogP contribution in [0.4, 0.5) is 0 Å². The van der Waals surface area contributed by atoms with Crippen LogP contribution in [-0.4, -0.2) is 47.3 Å². The summed E-state index contributed by atoms with van der Waals surface area (Å²) >= 11 is 0. The fraction of sp³-hybridized carbons (Fsp3) is 0.917. The van der Waals surface area contributed by atoms with Crippen molar-refractivity contribution >= 4 is 5.97 Å². The van der Waals surface area contributed by atoms with Gasteiger partial charge >= 0.3 is 5.97 Å². The summed E-state index contributed by atoms with van der Waals surface area (Å²) in [5, 5.41) is 17.9. The molecule has 0 unspecified atom stereocenters. The molecule has 1 heterocycles. The molecule has 16 heavy (non-hydrogen) atoms. The summed E-state index contributed by atoms with van der Waals surface area (Å²) < 4.78 is 0. The lowest BCUT2D eigenvalue weighted by Gasteiger charge is -2.35. The van der Waals surface area contributed by atoms with Gasteiger partial charge in [0.1, 0.15) is 0 Å². The van der Waals surface area contributed by atoms with Crippen molar-refractivity contribution < 1.29 is 15.0 Å². The quantitative estimate of drug-likeness (QED) is 0.743. The van der Waals surface area contributed by atoms with E-state index in [1.165, 1.54) is 0 Å². The number of hydrogen-bond donors (Lipinski definition) is 2. The minimum absolute atomic E-state index is 0.269. The molecule has 2 N–H and O–H groups in total. The van der Waals surface area contributed by atoms with Gasteiger partial charge in [0.25, 0.3) is 0 Å². The maximum absolute atomic E-state index is 11.0. The van der Waals surface area contributed by atoms with Crippen molar-refractivity contribution in [3.05, 3.63) is 0 Å². The maximum atomic E-state index is 11.0. The Hall–Kier alpha value is -0.610. The lowest BCUT2D eigenvalue weighted by Crippen LogP contribution is -2.43. The average molecular weight is 229 g/mol. The SMILES string of the molecule is CC(C)(CN1CCC(CCO)CC1)C(=O)O. The van der Waals surface area contributed by atoms with Gasteiger partial charge in [-0.3, -0.25) is 4.79 Å². The summed E-state index contributed by atoms with van der Waals surface area (Å²) in [6.45, 7) is 6.35. The van der Waals surface area contributed by atoms with Gasteiger partial charge in [0, 0.05) is 13.2 Å². The molecule has 0 spiro atoms. The summed E-state index contributed by atoms with van der Waals surface area (Å²) in [7, 11) is 0. The zero-order valence-corrected chi connectivity index (χ0v) is 10.3. The molecule has 1 aliphatic rings. The monoisotopic (exact) mass is 229 g/mol. The van der Waals surface area contributed by atoms with Gasteiger partial charge in [-0.1, -0.05) is 0 Å². The van der Waals surface area contributed by atoms with E-state index in [4.69, 9.17) is 10.2 Å². The Balaban J connectivity index is 2.34. The molecule has 4 nitrogen and oxygen atoms in total. The molecule has 1 fully saturated rings. The molecule has 0 atom stereocenters. The third-order valence-electron chi connectivity index (χ3n) is 3.44. The van der Waals surface area contributed by atoms with Crippen LogP contribution in [0.2, 0.25) is 0 Å². The van der Waals surface area contributed by atoms with E-state index in [0.717, 1.165) is 32.4 Å². The van der Waals surface area contributed by atoms with Crippen LogP contribution in [0.5, 0.6) is 0 Å². The van der Waals surface area contributed by atoms with E-state index in [1.54, 1.807) is 13.8 Å². The van der Waals surface area contributed by atoms with Crippen LogP contribution < -0.4 is 0 Å². The molecule has 0 bridgehead atoms. The summed E-state index contributed by atoms with van der Waals surface area (Å²) in [5.41, 5.74) is -0.663. The molecular formula is C12H23NO3. The molecule has 4 heteroatoms. The predicted octanol–water partition coefficient (Wildman–Crippen LogP) is 1.19. The normalized spacial score (nSPS) is 19.9. The van der Waals surface area contributed by atoms with Crippen molar-refractivity contribution in [3.8, 4) is 0 Å². The number of hydrogen-bond acceptors (Lipinski definition) is 3. The van der Waals surface area contributed by atoms with E-state index in [2.05, 4.69) is 4.90 Å². The molecule has 1 aliphatic heterocycles. The number of carboxylic acids is 1. The Morgan fingerprint density at radius 3 is 2.38 bits per heavy atom.